The summed E-state index contributed by atoms with van der Waals surface area (Å²) in [6, 6.07) is 11.0. The van der Waals surface area contributed by atoms with Crippen molar-refractivity contribution in [3.63, 3.8) is 0 Å². The second-order valence-corrected chi connectivity index (χ2v) is 6.32. The van der Waals surface area contributed by atoms with E-state index in [1.807, 2.05) is 0 Å². The van der Waals surface area contributed by atoms with E-state index in [4.69, 9.17) is 5.73 Å². The molecule has 20 heavy (non-hydrogen) atoms. The number of amides is 1. The minimum absolute atomic E-state index is 0.163. The third kappa shape index (κ3) is 2.73. The standard InChI is InChI=1S/C17H24N2O/c18-11-13-7-4-8-16(13)17(20)19-15-9-14(10-15)12-5-2-1-3-6-12/h1-3,5-6,13-16H,4,7-11,18H2,(H,19,20)/t13-,14?,15?,16-/m1/s1. The topological polar surface area (TPSA) is 55.1 Å². The average Bonchev–Trinajstić information content (AvgIpc) is 2.91. The van der Waals surface area contributed by atoms with Gasteiger partial charge in [-0.1, -0.05) is 36.8 Å². The summed E-state index contributed by atoms with van der Waals surface area (Å²) in [7, 11) is 0. The van der Waals surface area contributed by atoms with Gasteiger partial charge in [0, 0.05) is 12.0 Å². The normalized spacial score (nSPS) is 32.6. The third-order valence-corrected chi connectivity index (χ3v) is 5.05. The van der Waals surface area contributed by atoms with E-state index in [0.29, 0.717) is 24.4 Å². The molecule has 1 aromatic rings. The first-order valence-electron chi connectivity index (χ1n) is 7.83. The van der Waals surface area contributed by atoms with Crippen molar-refractivity contribution >= 4 is 5.91 Å². The first kappa shape index (κ1) is 13.6. The quantitative estimate of drug-likeness (QED) is 0.884. The van der Waals surface area contributed by atoms with Crippen LogP contribution in [0.3, 0.4) is 0 Å². The van der Waals surface area contributed by atoms with E-state index in [1.54, 1.807) is 0 Å². The lowest BCUT2D eigenvalue weighted by Crippen LogP contribution is -2.46. The minimum atomic E-state index is 0.163. The molecule has 1 amide bonds. The molecule has 108 valence electrons. The first-order valence-corrected chi connectivity index (χ1v) is 7.83. The highest BCUT2D eigenvalue weighted by molar-refractivity contribution is 5.79. The van der Waals surface area contributed by atoms with Crippen molar-refractivity contribution in [2.75, 3.05) is 6.54 Å². The van der Waals surface area contributed by atoms with Crippen molar-refractivity contribution in [2.24, 2.45) is 17.6 Å². The molecule has 0 aliphatic heterocycles. The third-order valence-electron chi connectivity index (χ3n) is 5.05. The summed E-state index contributed by atoms with van der Waals surface area (Å²) >= 11 is 0. The number of nitrogens with two attached hydrogens (primary N) is 1. The van der Waals surface area contributed by atoms with Crippen molar-refractivity contribution in [3.05, 3.63) is 35.9 Å². The number of carbonyl (C=O) groups is 1. The lowest BCUT2D eigenvalue weighted by Gasteiger charge is -2.37. The van der Waals surface area contributed by atoms with E-state index in [9.17, 15) is 4.79 Å². The Balaban J connectivity index is 1.48. The largest absolute Gasteiger partial charge is 0.353 e. The van der Waals surface area contributed by atoms with Crippen LogP contribution in [0.25, 0.3) is 0 Å². The van der Waals surface area contributed by atoms with Gasteiger partial charge >= 0.3 is 0 Å². The molecule has 0 saturated heterocycles. The smallest absolute Gasteiger partial charge is 0.223 e. The molecular formula is C17H24N2O. The van der Waals surface area contributed by atoms with E-state index in [1.165, 1.54) is 5.56 Å². The van der Waals surface area contributed by atoms with Crippen LogP contribution in [0.4, 0.5) is 0 Å². The van der Waals surface area contributed by atoms with Crippen molar-refractivity contribution in [1.82, 2.24) is 5.32 Å². The molecule has 1 aromatic carbocycles. The van der Waals surface area contributed by atoms with E-state index in [-0.39, 0.29) is 11.8 Å². The minimum Gasteiger partial charge on any atom is -0.353 e. The number of carbonyl (C=O) groups excluding carboxylic acids is 1. The summed E-state index contributed by atoms with van der Waals surface area (Å²) < 4.78 is 0. The molecule has 2 aliphatic carbocycles. The van der Waals surface area contributed by atoms with Gasteiger partial charge in [-0.2, -0.15) is 0 Å². The van der Waals surface area contributed by atoms with Crippen molar-refractivity contribution < 1.29 is 4.79 Å². The maximum Gasteiger partial charge on any atom is 0.223 e. The summed E-state index contributed by atoms with van der Waals surface area (Å²) in [5.74, 6) is 1.43. The van der Waals surface area contributed by atoms with Crippen LogP contribution in [0.1, 0.15) is 43.6 Å². The fourth-order valence-corrected chi connectivity index (χ4v) is 3.71. The van der Waals surface area contributed by atoms with Gasteiger partial charge in [-0.25, -0.2) is 0 Å². The predicted octanol–water partition coefficient (Wildman–Crippen LogP) is 2.42. The zero-order valence-corrected chi connectivity index (χ0v) is 11.9. The molecule has 3 N–H and O–H groups in total. The van der Waals surface area contributed by atoms with Gasteiger partial charge in [0.15, 0.2) is 0 Å². The Labute approximate surface area is 120 Å². The second kappa shape index (κ2) is 5.96. The second-order valence-electron chi connectivity index (χ2n) is 6.32. The highest BCUT2D eigenvalue weighted by Gasteiger charge is 2.36. The fourth-order valence-electron chi connectivity index (χ4n) is 3.71. The molecule has 0 radical (unpaired) electrons. The molecule has 0 bridgehead atoms. The van der Waals surface area contributed by atoms with Gasteiger partial charge in [0.1, 0.15) is 0 Å². The van der Waals surface area contributed by atoms with Gasteiger partial charge in [-0.15, -0.1) is 0 Å². The SMILES string of the molecule is NC[C@H]1CCC[C@H]1C(=O)NC1CC(c2ccccc2)C1. The summed E-state index contributed by atoms with van der Waals surface area (Å²) in [6.45, 7) is 0.648. The van der Waals surface area contributed by atoms with Gasteiger partial charge in [0.2, 0.25) is 5.91 Å². The zero-order chi connectivity index (χ0) is 13.9. The number of hydrogen-bond acceptors (Lipinski definition) is 2. The fraction of sp³-hybridized carbons (Fsp3) is 0.588. The first-order chi connectivity index (χ1) is 9.78. The Bertz CT molecular complexity index is 453. The lowest BCUT2D eigenvalue weighted by molar-refractivity contribution is -0.127. The number of rotatable bonds is 4. The van der Waals surface area contributed by atoms with Gasteiger partial charge < -0.3 is 11.1 Å². The summed E-state index contributed by atoms with van der Waals surface area (Å²) in [5.41, 5.74) is 7.16. The van der Waals surface area contributed by atoms with E-state index in [2.05, 4.69) is 35.6 Å². The molecule has 3 nitrogen and oxygen atoms in total. The lowest BCUT2D eigenvalue weighted by atomic mass is 9.75. The van der Waals surface area contributed by atoms with Crippen molar-refractivity contribution in [1.29, 1.82) is 0 Å². The highest BCUT2D eigenvalue weighted by Crippen LogP contribution is 2.37. The Morgan fingerprint density at radius 3 is 2.65 bits per heavy atom. The molecule has 0 aromatic heterocycles. The molecule has 3 rings (SSSR count). The Morgan fingerprint density at radius 1 is 1.20 bits per heavy atom. The highest BCUT2D eigenvalue weighted by atomic mass is 16.2. The van der Waals surface area contributed by atoms with Gasteiger partial charge in [0.05, 0.1) is 0 Å². The molecule has 2 saturated carbocycles. The van der Waals surface area contributed by atoms with Crippen LogP contribution in [0.5, 0.6) is 0 Å². The molecule has 2 aliphatic rings. The van der Waals surface area contributed by atoms with E-state index >= 15 is 0 Å². The van der Waals surface area contributed by atoms with Crippen molar-refractivity contribution in [2.45, 2.75) is 44.1 Å². The molecule has 0 unspecified atom stereocenters. The maximum absolute atomic E-state index is 12.3. The molecule has 2 atom stereocenters. The number of benzene rings is 1. The molecule has 3 heteroatoms. The van der Waals surface area contributed by atoms with Gasteiger partial charge in [-0.3, -0.25) is 4.79 Å². The van der Waals surface area contributed by atoms with Crippen molar-refractivity contribution in [3.8, 4) is 0 Å². The Morgan fingerprint density at radius 2 is 1.95 bits per heavy atom. The van der Waals surface area contributed by atoms with Gasteiger partial charge in [-0.05, 0) is 49.6 Å². The van der Waals surface area contributed by atoms with Crippen LogP contribution < -0.4 is 11.1 Å². The number of hydrogen-bond donors (Lipinski definition) is 2. The summed E-state index contributed by atoms with van der Waals surface area (Å²) in [5, 5.41) is 3.23. The summed E-state index contributed by atoms with van der Waals surface area (Å²) in [4.78, 5) is 12.3. The maximum atomic E-state index is 12.3. The van der Waals surface area contributed by atoms with Crippen LogP contribution >= 0.6 is 0 Å². The predicted molar refractivity (Wildman–Crippen MR) is 80.2 cm³/mol. The summed E-state index contributed by atoms with van der Waals surface area (Å²) in [6.07, 6.45) is 5.44. The molecule has 0 spiro atoms. The monoisotopic (exact) mass is 272 g/mol. The molecular weight excluding hydrogens is 248 g/mol. The zero-order valence-electron chi connectivity index (χ0n) is 11.9. The Kier molecular flexibility index (Phi) is 4.06. The van der Waals surface area contributed by atoms with Crippen LogP contribution in [0.2, 0.25) is 0 Å². The average molecular weight is 272 g/mol. The Hall–Kier alpha value is -1.35. The van der Waals surface area contributed by atoms with Crippen LogP contribution in [0, 0.1) is 11.8 Å². The van der Waals surface area contributed by atoms with Gasteiger partial charge in [0.25, 0.3) is 0 Å². The van der Waals surface area contributed by atoms with Crippen LogP contribution in [-0.2, 0) is 4.79 Å². The van der Waals surface area contributed by atoms with E-state index < -0.39 is 0 Å². The van der Waals surface area contributed by atoms with Crippen LogP contribution in [-0.4, -0.2) is 18.5 Å². The number of nitrogens with one attached hydrogen (secondary N) is 1. The molecule has 0 heterocycles. The molecule has 2 fully saturated rings. The van der Waals surface area contributed by atoms with Crippen LogP contribution in [0.15, 0.2) is 30.3 Å². The van der Waals surface area contributed by atoms with E-state index in [0.717, 1.165) is 32.1 Å².